The van der Waals surface area contributed by atoms with Gasteiger partial charge in [0.2, 0.25) is 0 Å². The van der Waals surface area contributed by atoms with E-state index in [9.17, 15) is 0 Å². The molecule has 2 heteroatoms. The minimum atomic E-state index is 0.351. The van der Waals surface area contributed by atoms with Crippen LogP contribution in [0.2, 0.25) is 0 Å². The minimum Gasteiger partial charge on any atom is -0.380 e. The third-order valence-electron chi connectivity index (χ3n) is 2.37. The number of hydrogen-bond donors (Lipinski definition) is 1. The van der Waals surface area contributed by atoms with Crippen LogP contribution in [0.25, 0.3) is 0 Å². The Hall–Kier alpha value is -1.05. The van der Waals surface area contributed by atoms with Crippen molar-refractivity contribution < 1.29 is 0 Å². The summed E-state index contributed by atoms with van der Waals surface area (Å²) in [5, 5.41) is 3.44. The van der Waals surface area contributed by atoms with Gasteiger partial charge in [-0.15, -0.1) is 0 Å². The number of rotatable bonds is 1. The van der Waals surface area contributed by atoms with Crippen molar-refractivity contribution in [3.05, 3.63) is 23.4 Å². The van der Waals surface area contributed by atoms with Crippen LogP contribution in [0, 0.1) is 0 Å². The molecular weight excluding hydrogens is 148 g/mol. The highest BCUT2D eigenvalue weighted by Gasteiger charge is 2.25. The van der Waals surface area contributed by atoms with Gasteiger partial charge in [0.15, 0.2) is 0 Å². The molecule has 0 spiro atoms. The Bertz CT molecular complexity index is 274. The lowest BCUT2D eigenvalue weighted by Crippen LogP contribution is -2.31. The Morgan fingerprint density at radius 1 is 1.50 bits per heavy atom. The first-order valence-corrected chi connectivity index (χ1v) is 4.48. The molecule has 0 saturated carbocycles. The van der Waals surface area contributed by atoms with Crippen LogP contribution >= 0.6 is 0 Å². The number of nitrogens with one attached hydrogen (secondary N) is 1. The van der Waals surface area contributed by atoms with Crippen LogP contribution in [0.1, 0.15) is 20.3 Å². The van der Waals surface area contributed by atoms with Gasteiger partial charge < -0.3 is 5.32 Å². The molecule has 0 fully saturated rings. The zero-order valence-electron chi connectivity index (χ0n) is 7.54. The van der Waals surface area contributed by atoms with Crippen LogP contribution < -0.4 is 5.32 Å². The second-order valence-corrected chi connectivity index (χ2v) is 3.40. The third-order valence-corrected chi connectivity index (χ3v) is 2.37. The number of fused-ring (bicyclic) bond motifs is 1. The summed E-state index contributed by atoms with van der Waals surface area (Å²) in [6.45, 7) is 4.25. The summed E-state index contributed by atoms with van der Waals surface area (Å²) in [6, 6.07) is 0.772. The Kier molecular flexibility index (Phi) is 1.75. The largest absolute Gasteiger partial charge is 0.380 e. The monoisotopic (exact) mass is 162 g/mol. The lowest BCUT2D eigenvalue weighted by molar-refractivity contribution is 0.644. The lowest BCUT2D eigenvalue weighted by atomic mass is 10.1. The summed E-state index contributed by atoms with van der Waals surface area (Å²) in [5.74, 6) is 0. The second kappa shape index (κ2) is 2.77. The van der Waals surface area contributed by atoms with Crippen LogP contribution in [-0.4, -0.2) is 18.3 Å². The number of aliphatic imine (C=N–C) groups is 1. The molecule has 2 aliphatic rings. The van der Waals surface area contributed by atoms with E-state index in [1.54, 1.807) is 0 Å². The lowest BCUT2D eigenvalue weighted by Gasteiger charge is -2.17. The van der Waals surface area contributed by atoms with Gasteiger partial charge in [-0.25, -0.2) is 0 Å². The number of hydrogen-bond acceptors (Lipinski definition) is 2. The van der Waals surface area contributed by atoms with E-state index >= 15 is 0 Å². The zero-order valence-corrected chi connectivity index (χ0v) is 7.54. The Balaban J connectivity index is 2.18. The molecule has 0 aromatic rings. The fourth-order valence-electron chi connectivity index (χ4n) is 1.68. The van der Waals surface area contributed by atoms with Crippen molar-refractivity contribution in [1.29, 1.82) is 0 Å². The maximum atomic E-state index is 4.44. The normalized spacial score (nSPS) is 32.2. The maximum Gasteiger partial charge on any atom is 0.0936 e. The molecule has 2 atom stereocenters. The van der Waals surface area contributed by atoms with Gasteiger partial charge in [-0.3, -0.25) is 4.99 Å². The van der Waals surface area contributed by atoms with E-state index in [0.29, 0.717) is 12.1 Å². The molecule has 2 aliphatic heterocycles. The molecular formula is C10H14N2. The highest BCUT2D eigenvalue weighted by molar-refractivity contribution is 5.79. The summed E-state index contributed by atoms with van der Waals surface area (Å²) >= 11 is 0. The van der Waals surface area contributed by atoms with Crippen molar-refractivity contribution in [2.45, 2.75) is 32.4 Å². The Morgan fingerprint density at radius 3 is 3.08 bits per heavy atom. The van der Waals surface area contributed by atoms with Gasteiger partial charge >= 0.3 is 0 Å². The highest BCUT2D eigenvalue weighted by atomic mass is 15.0. The molecule has 2 unspecified atom stereocenters. The molecule has 0 bridgehead atoms. The molecule has 2 rings (SSSR count). The molecule has 0 aromatic heterocycles. The SMILES string of the molecule is CCC1=CC2N=CC(C)=CC2N1. The van der Waals surface area contributed by atoms with Crippen molar-refractivity contribution in [3.63, 3.8) is 0 Å². The first-order chi connectivity index (χ1) is 5.79. The van der Waals surface area contributed by atoms with E-state index in [0.717, 1.165) is 6.42 Å². The smallest absolute Gasteiger partial charge is 0.0936 e. The second-order valence-electron chi connectivity index (χ2n) is 3.40. The number of allylic oxidation sites excluding steroid dienone is 2. The van der Waals surface area contributed by atoms with Crippen molar-refractivity contribution in [3.8, 4) is 0 Å². The molecule has 64 valence electrons. The molecule has 2 heterocycles. The van der Waals surface area contributed by atoms with Crippen molar-refractivity contribution in [1.82, 2.24) is 5.32 Å². The van der Waals surface area contributed by atoms with Crippen molar-refractivity contribution in [2.24, 2.45) is 4.99 Å². The summed E-state index contributed by atoms with van der Waals surface area (Å²) in [6.07, 6.45) is 7.51. The van der Waals surface area contributed by atoms with Gasteiger partial charge in [0.1, 0.15) is 0 Å². The van der Waals surface area contributed by atoms with E-state index in [-0.39, 0.29) is 0 Å². The van der Waals surface area contributed by atoms with Crippen LogP contribution in [0.3, 0.4) is 0 Å². The molecule has 0 aliphatic carbocycles. The van der Waals surface area contributed by atoms with Gasteiger partial charge in [-0.05, 0) is 25.0 Å². The maximum absolute atomic E-state index is 4.44. The molecule has 2 nitrogen and oxygen atoms in total. The fourth-order valence-corrected chi connectivity index (χ4v) is 1.68. The van der Waals surface area contributed by atoms with E-state index in [4.69, 9.17) is 0 Å². The fraction of sp³-hybridized carbons (Fsp3) is 0.500. The zero-order chi connectivity index (χ0) is 8.55. The van der Waals surface area contributed by atoms with Gasteiger partial charge in [0, 0.05) is 11.9 Å². The first kappa shape index (κ1) is 7.59. The van der Waals surface area contributed by atoms with E-state index in [2.05, 4.69) is 36.3 Å². The predicted octanol–water partition coefficient (Wildman–Crippen LogP) is 1.65. The average Bonchev–Trinajstić information content (AvgIpc) is 2.46. The highest BCUT2D eigenvalue weighted by Crippen LogP contribution is 2.20. The van der Waals surface area contributed by atoms with Gasteiger partial charge in [-0.1, -0.05) is 13.0 Å². The van der Waals surface area contributed by atoms with Crippen molar-refractivity contribution >= 4 is 6.21 Å². The van der Waals surface area contributed by atoms with Gasteiger partial charge in [0.05, 0.1) is 12.1 Å². The van der Waals surface area contributed by atoms with Crippen LogP contribution in [-0.2, 0) is 0 Å². The van der Waals surface area contributed by atoms with Gasteiger partial charge in [0.25, 0.3) is 0 Å². The molecule has 1 N–H and O–H groups in total. The summed E-state index contributed by atoms with van der Waals surface area (Å²) in [4.78, 5) is 4.44. The quantitative estimate of drug-likeness (QED) is 0.623. The topological polar surface area (TPSA) is 24.4 Å². The van der Waals surface area contributed by atoms with Crippen LogP contribution in [0.5, 0.6) is 0 Å². The standard InChI is InChI=1S/C10H14N2/c1-3-8-5-9-10(12-8)4-7(2)6-11-9/h4-6,9-10,12H,3H2,1-2H3. The van der Waals surface area contributed by atoms with Crippen LogP contribution in [0.4, 0.5) is 0 Å². The van der Waals surface area contributed by atoms with E-state index in [1.165, 1.54) is 11.3 Å². The van der Waals surface area contributed by atoms with Gasteiger partial charge in [-0.2, -0.15) is 0 Å². The number of nitrogens with zero attached hydrogens (tertiary/aromatic N) is 1. The minimum absolute atomic E-state index is 0.351. The first-order valence-electron chi connectivity index (χ1n) is 4.48. The van der Waals surface area contributed by atoms with E-state index in [1.807, 2.05) is 6.21 Å². The molecule has 12 heavy (non-hydrogen) atoms. The molecule has 0 radical (unpaired) electrons. The van der Waals surface area contributed by atoms with E-state index < -0.39 is 0 Å². The predicted molar refractivity (Wildman–Crippen MR) is 51.3 cm³/mol. The Morgan fingerprint density at radius 2 is 2.33 bits per heavy atom. The Labute approximate surface area is 73.1 Å². The molecule has 0 aromatic carbocycles. The summed E-state index contributed by atoms with van der Waals surface area (Å²) in [7, 11) is 0. The van der Waals surface area contributed by atoms with Crippen molar-refractivity contribution in [2.75, 3.05) is 0 Å². The third kappa shape index (κ3) is 1.17. The molecule has 0 amide bonds. The van der Waals surface area contributed by atoms with Crippen LogP contribution in [0.15, 0.2) is 28.4 Å². The summed E-state index contributed by atoms with van der Waals surface area (Å²) in [5.41, 5.74) is 2.59. The average molecular weight is 162 g/mol. The summed E-state index contributed by atoms with van der Waals surface area (Å²) < 4.78 is 0. The molecule has 0 saturated heterocycles. The number of dihydropyridines is 1.